The van der Waals surface area contributed by atoms with Gasteiger partial charge in [-0.2, -0.15) is 0 Å². The molecule has 5 heteroatoms. The van der Waals surface area contributed by atoms with Crippen molar-refractivity contribution in [2.75, 3.05) is 6.54 Å². The molecule has 0 unspecified atom stereocenters. The molecule has 5 nitrogen and oxygen atoms in total. The van der Waals surface area contributed by atoms with E-state index in [4.69, 9.17) is 5.11 Å². The van der Waals surface area contributed by atoms with Gasteiger partial charge in [0.05, 0.1) is 11.8 Å². The molecule has 0 radical (unpaired) electrons. The van der Waals surface area contributed by atoms with Gasteiger partial charge in [0.1, 0.15) is 6.54 Å². The van der Waals surface area contributed by atoms with Crippen LogP contribution in [-0.4, -0.2) is 34.3 Å². The number of nitrogens with zero attached hydrogens (tertiary/aromatic N) is 1. The van der Waals surface area contributed by atoms with Crippen molar-refractivity contribution in [3.05, 3.63) is 12.2 Å². The van der Waals surface area contributed by atoms with Crippen LogP contribution >= 0.6 is 0 Å². The highest BCUT2D eigenvalue weighted by Gasteiger charge is 2.67. The summed E-state index contributed by atoms with van der Waals surface area (Å²) >= 11 is 0. The van der Waals surface area contributed by atoms with Gasteiger partial charge in [0.25, 0.3) is 0 Å². The second-order valence-corrected chi connectivity index (χ2v) is 5.81. The molecule has 1 heterocycles. The minimum absolute atomic E-state index is 0.167. The van der Waals surface area contributed by atoms with Gasteiger partial charge in [-0.25, -0.2) is 0 Å². The Kier molecular flexibility index (Phi) is 1.73. The van der Waals surface area contributed by atoms with Crippen LogP contribution in [0, 0.1) is 35.5 Å². The molecule has 4 aliphatic carbocycles. The van der Waals surface area contributed by atoms with E-state index < -0.39 is 12.5 Å². The second-order valence-electron chi connectivity index (χ2n) is 5.81. The quantitative estimate of drug-likeness (QED) is 0.555. The molecule has 94 valence electrons. The summed E-state index contributed by atoms with van der Waals surface area (Å²) in [4.78, 5) is 36.2. The van der Waals surface area contributed by atoms with Crippen LogP contribution in [0.3, 0.4) is 0 Å². The SMILES string of the molecule is O=C(O)CN1C(=O)[C@@H]2[C@H]3C=C[C@@H]([C@@H]4C[C@@H]34)[C@@H]2C1=O. The van der Waals surface area contributed by atoms with Crippen LogP contribution in [0.5, 0.6) is 0 Å². The second kappa shape index (κ2) is 3.02. The van der Waals surface area contributed by atoms with Crippen LogP contribution in [0.4, 0.5) is 0 Å². The van der Waals surface area contributed by atoms with Gasteiger partial charge in [-0.1, -0.05) is 12.2 Å². The summed E-state index contributed by atoms with van der Waals surface area (Å²) < 4.78 is 0. The van der Waals surface area contributed by atoms with E-state index in [9.17, 15) is 14.4 Å². The van der Waals surface area contributed by atoms with E-state index >= 15 is 0 Å². The number of aliphatic carboxylic acids is 1. The lowest BCUT2D eigenvalue weighted by Crippen LogP contribution is -2.40. The van der Waals surface area contributed by atoms with Gasteiger partial charge >= 0.3 is 5.97 Å². The highest BCUT2D eigenvalue weighted by Crippen LogP contribution is 2.65. The Balaban J connectivity index is 1.72. The molecule has 0 aromatic carbocycles. The lowest BCUT2D eigenvalue weighted by Gasteiger charge is -2.37. The highest BCUT2D eigenvalue weighted by atomic mass is 16.4. The Bertz CT molecular complexity index is 475. The number of rotatable bonds is 2. The first-order valence-electron chi connectivity index (χ1n) is 6.35. The van der Waals surface area contributed by atoms with Gasteiger partial charge in [0.2, 0.25) is 11.8 Å². The fraction of sp³-hybridized carbons (Fsp3) is 0.615. The van der Waals surface area contributed by atoms with Crippen LogP contribution in [0.2, 0.25) is 0 Å². The number of likely N-dealkylation sites (tertiary alicyclic amines) is 1. The first-order valence-corrected chi connectivity index (χ1v) is 6.35. The fourth-order valence-corrected chi connectivity index (χ4v) is 4.31. The third-order valence-corrected chi connectivity index (χ3v) is 5.05. The van der Waals surface area contributed by atoms with Crippen molar-refractivity contribution in [1.82, 2.24) is 4.90 Å². The summed E-state index contributed by atoms with van der Waals surface area (Å²) in [6, 6.07) is 0. The first kappa shape index (κ1) is 10.3. The number of carboxylic acid groups (broad SMARTS) is 1. The third kappa shape index (κ3) is 1.05. The van der Waals surface area contributed by atoms with Crippen LogP contribution in [0.25, 0.3) is 0 Å². The maximum atomic E-state index is 12.2. The minimum Gasteiger partial charge on any atom is -0.480 e. The average molecular weight is 247 g/mol. The van der Waals surface area contributed by atoms with Gasteiger partial charge in [-0.15, -0.1) is 0 Å². The number of hydrogen-bond acceptors (Lipinski definition) is 3. The van der Waals surface area contributed by atoms with Gasteiger partial charge in [-0.05, 0) is 30.1 Å². The average Bonchev–Trinajstić information content (AvgIpc) is 3.11. The van der Waals surface area contributed by atoms with Gasteiger partial charge in [0, 0.05) is 0 Å². The van der Waals surface area contributed by atoms with E-state index in [-0.39, 0.29) is 35.5 Å². The molecule has 2 amide bonds. The lowest BCUT2D eigenvalue weighted by atomic mass is 9.63. The number of carboxylic acids is 1. The Morgan fingerprint density at radius 3 is 2.11 bits per heavy atom. The van der Waals surface area contributed by atoms with Crippen molar-refractivity contribution in [1.29, 1.82) is 0 Å². The molecule has 6 atom stereocenters. The molecule has 0 aromatic heterocycles. The van der Waals surface area contributed by atoms with E-state index in [0.717, 1.165) is 11.3 Å². The molecule has 1 aliphatic heterocycles. The topological polar surface area (TPSA) is 74.7 Å². The number of imide groups is 1. The highest BCUT2D eigenvalue weighted by molar-refractivity contribution is 6.07. The minimum atomic E-state index is -1.12. The number of allylic oxidation sites excluding steroid dienone is 2. The molecule has 1 saturated heterocycles. The van der Waals surface area contributed by atoms with Crippen LogP contribution in [0.15, 0.2) is 12.2 Å². The maximum Gasteiger partial charge on any atom is 0.323 e. The fourth-order valence-electron chi connectivity index (χ4n) is 4.31. The predicted octanol–water partition coefficient (Wildman–Crippen LogP) is 0.124. The van der Waals surface area contributed by atoms with Crippen molar-refractivity contribution >= 4 is 17.8 Å². The van der Waals surface area contributed by atoms with Gasteiger partial charge < -0.3 is 5.11 Å². The Hall–Kier alpha value is -1.65. The van der Waals surface area contributed by atoms with Crippen LogP contribution in [0.1, 0.15) is 6.42 Å². The summed E-state index contributed by atoms with van der Waals surface area (Å²) in [5, 5.41) is 8.79. The van der Waals surface area contributed by atoms with Crippen molar-refractivity contribution in [2.24, 2.45) is 35.5 Å². The number of carbonyl (C=O) groups excluding carboxylic acids is 2. The van der Waals surface area contributed by atoms with E-state index in [1.165, 1.54) is 0 Å². The number of amides is 2. The van der Waals surface area contributed by atoms with E-state index in [0.29, 0.717) is 11.8 Å². The molecule has 2 saturated carbocycles. The van der Waals surface area contributed by atoms with Crippen LogP contribution in [-0.2, 0) is 14.4 Å². The molecule has 1 N–H and O–H groups in total. The van der Waals surface area contributed by atoms with E-state index in [2.05, 4.69) is 12.2 Å². The Morgan fingerprint density at radius 1 is 1.17 bits per heavy atom. The predicted molar refractivity (Wildman–Crippen MR) is 59.1 cm³/mol. The molecule has 0 spiro atoms. The van der Waals surface area contributed by atoms with Crippen molar-refractivity contribution in [2.45, 2.75) is 6.42 Å². The monoisotopic (exact) mass is 247 g/mol. The van der Waals surface area contributed by atoms with Crippen molar-refractivity contribution in [3.63, 3.8) is 0 Å². The smallest absolute Gasteiger partial charge is 0.323 e. The zero-order valence-electron chi connectivity index (χ0n) is 9.65. The summed E-state index contributed by atoms with van der Waals surface area (Å²) in [7, 11) is 0. The summed E-state index contributed by atoms with van der Waals surface area (Å²) in [6.45, 7) is -0.487. The molecular formula is C13H13NO4. The molecule has 2 bridgehead atoms. The standard InChI is InChI=1S/C13H13NO4/c15-9(16)4-14-12(17)10-5-1-2-6(8-3-7(5)8)11(10)13(14)18/h1-2,5-8,10-11H,3-4H2,(H,15,16)/t5-,6-,7-,8-,10-,11+/m0/s1. The van der Waals surface area contributed by atoms with Crippen LogP contribution < -0.4 is 0 Å². The summed E-state index contributed by atoms with van der Waals surface area (Å²) in [5.41, 5.74) is 0. The molecule has 0 aromatic rings. The zero-order chi connectivity index (χ0) is 12.6. The number of hydrogen-bond donors (Lipinski definition) is 1. The van der Waals surface area contributed by atoms with Crippen molar-refractivity contribution < 1.29 is 19.5 Å². The molecule has 5 aliphatic rings. The maximum absolute atomic E-state index is 12.2. The lowest BCUT2D eigenvalue weighted by molar-refractivity contribution is -0.149. The van der Waals surface area contributed by atoms with E-state index in [1.807, 2.05) is 0 Å². The molecule has 5 rings (SSSR count). The summed E-state index contributed by atoms with van der Waals surface area (Å²) in [5.74, 6) is -0.771. The van der Waals surface area contributed by atoms with Crippen molar-refractivity contribution in [3.8, 4) is 0 Å². The zero-order valence-corrected chi connectivity index (χ0v) is 9.65. The van der Waals surface area contributed by atoms with Gasteiger partial charge in [0.15, 0.2) is 0 Å². The summed E-state index contributed by atoms with van der Waals surface area (Å²) in [6.07, 6.45) is 5.28. The largest absolute Gasteiger partial charge is 0.480 e. The number of carbonyl (C=O) groups is 3. The molecule has 18 heavy (non-hydrogen) atoms. The first-order chi connectivity index (χ1) is 8.59. The van der Waals surface area contributed by atoms with Gasteiger partial charge in [-0.3, -0.25) is 19.3 Å². The molecular weight excluding hydrogens is 234 g/mol. The third-order valence-electron chi connectivity index (χ3n) is 5.05. The Labute approximate surface area is 103 Å². The van der Waals surface area contributed by atoms with E-state index in [1.54, 1.807) is 0 Å². The normalized spacial score (nSPS) is 47.2. The molecule has 3 fully saturated rings. The Morgan fingerprint density at radius 2 is 1.67 bits per heavy atom.